The van der Waals surface area contributed by atoms with Crippen LogP contribution in [0.1, 0.15) is 5.56 Å². The van der Waals surface area contributed by atoms with Gasteiger partial charge >= 0.3 is 0 Å². The highest BCUT2D eigenvalue weighted by Crippen LogP contribution is 2.44. The molecule has 8 aromatic rings. The van der Waals surface area contributed by atoms with Crippen molar-refractivity contribution < 1.29 is 0 Å². The van der Waals surface area contributed by atoms with Crippen LogP contribution in [-0.2, 0) is 0 Å². The first kappa shape index (κ1) is 17.4. The molecule has 0 atom stereocenters. The lowest BCUT2D eigenvalue weighted by atomic mass is 9.86. The molecule has 0 aliphatic heterocycles. The number of aryl methyl sites for hydroxylation is 1. The van der Waals surface area contributed by atoms with Crippen molar-refractivity contribution in [1.29, 1.82) is 0 Å². The Morgan fingerprint density at radius 2 is 0.727 bits per heavy atom. The summed E-state index contributed by atoms with van der Waals surface area (Å²) < 4.78 is 0. The Morgan fingerprint density at radius 3 is 1.33 bits per heavy atom. The maximum Gasteiger partial charge on any atom is -0.00205 e. The topological polar surface area (TPSA) is 0 Å². The SMILES string of the molecule is Cc1ccc2ccc3c(-c4ccc5ccc6cccc7ccc4c5c67)ccc4ccc1c2c43. The molecule has 0 saturated heterocycles. The Labute approximate surface area is 191 Å². The third kappa shape index (κ3) is 2.16. The van der Waals surface area contributed by atoms with Crippen molar-refractivity contribution in [2.45, 2.75) is 6.92 Å². The molecule has 0 heteroatoms. The van der Waals surface area contributed by atoms with E-state index >= 15 is 0 Å². The first-order chi connectivity index (χ1) is 16.3. The molecule has 0 nitrogen and oxygen atoms in total. The molecular formula is C33H20. The number of rotatable bonds is 1. The molecule has 0 amide bonds. The lowest BCUT2D eigenvalue weighted by molar-refractivity contribution is 1.55. The van der Waals surface area contributed by atoms with Crippen LogP contribution in [0.3, 0.4) is 0 Å². The average Bonchev–Trinajstić information content (AvgIpc) is 2.87. The summed E-state index contributed by atoms with van der Waals surface area (Å²) in [6.45, 7) is 2.22. The maximum absolute atomic E-state index is 2.33. The number of benzene rings is 8. The van der Waals surface area contributed by atoms with Crippen molar-refractivity contribution in [3.63, 3.8) is 0 Å². The predicted molar refractivity (Wildman–Crippen MR) is 144 cm³/mol. The second-order valence-corrected chi connectivity index (χ2v) is 9.39. The molecule has 0 spiro atoms. The van der Waals surface area contributed by atoms with E-state index in [1.165, 1.54) is 81.3 Å². The van der Waals surface area contributed by atoms with Gasteiger partial charge in [-0.1, -0.05) is 103 Å². The van der Waals surface area contributed by atoms with Crippen LogP contribution < -0.4 is 0 Å². The lowest BCUT2D eigenvalue weighted by Gasteiger charge is -2.18. The minimum atomic E-state index is 1.31. The van der Waals surface area contributed by atoms with Gasteiger partial charge in [0.25, 0.3) is 0 Å². The molecule has 0 unspecified atom stereocenters. The second-order valence-electron chi connectivity index (χ2n) is 9.39. The first-order valence-corrected chi connectivity index (χ1v) is 11.6. The molecule has 152 valence electrons. The highest BCUT2D eigenvalue weighted by Gasteiger charge is 2.16. The lowest BCUT2D eigenvalue weighted by Crippen LogP contribution is -1.90. The summed E-state index contributed by atoms with van der Waals surface area (Å²) in [4.78, 5) is 0. The van der Waals surface area contributed by atoms with Crippen LogP contribution in [0, 0.1) is 6.92 Å². The largest absolute Gasteiger partial charge is 0.0610 e. The number of hydrogen-bond donors (Lipinski definition) is 0. The summed E-state index contributed by atoms with van der Waals surface area (Å²) in [7, 11) is 0. The molecule has 0 heterocycles. The fourth-order valence-electron chi connectivity index (χ4n) is 6.15. The van der Waals surface area contributed by atoms with Crippen LogP contribution >= 0.6 is 0 Å². The van der Waals surface area contributed by atoms with E-state index in [2.05, 4.69) is 110 Å². The van der Waals surface area contributed by atoms with Crippen LogP contribution in [0.15, 0.2) is 103 Å². The van der Waals surface area contributed by atoms with Crippen molar-refractivity contribution in [2.24, 2.45) is 0 Å². The average molecular weight is 417 g/mol. The molecule has 0 aliphatic rings. The van der Waals surface area contributed by atoms with Gasteiger partial charge in [-0.15, -0.1) is 0 Å². The van der Waals surface area contributed by atoms with Crippen LogP contribution in [0.2, 0.25) is 0 Å². The smallest absolute Gasteiger partial charge is 0.00205 e. The van der Waals surface area contributed by atoms with Crippen molar-refractivity contribution in [2.75, 3.05) is 0 Å². The molecule has 0 saturated carbocycles. The number of hydrogen-bond acceptors (Lipinski definition) is 0. The van der Waals surface area contributed by atoms with E-state index in [1.54, 1.807) is 0 Å². The summed E-state index contributed by atoms with van der Waals surface area (Å²) in [5, 5.41) is 16.1. The third-order valence-electron chi connectivity index (χ3n) is 7.70. The summed E-state index contributed by atoms with van der Waals surface area (Å²) in [5.74, 6) is 0. The van der Waals surface area contributed by atoms with Crippen LogP contribution in [0.25, 0.3) is 75.8 Å². The normalized spacial score (nSPS) is 12.4. The second kappa shape index (κ2) is 5.99. The van der Waals surface area contributed by atoms with E-state index in [4.69, 9.17) is 0 Å². The van der Waals surface area contributed by atoms with E-state index < -0.39 is 0 Å². The van der Waals surface area contributed by atoms with Gasteiger partial charge in [0.05, 0.1) is 0 Å². The van der Waals surface area contributed by atoms with Gasteiger partial charge in [0.1, 0.15) is 0 Å². The van der Waals surface area contributed by atoms with Gasteiger partial charge in [0.15, 0.2) is 0 Å². The molecule has 8 rings (SSSR count). The first-order valence-electron chi connectivity index (χ1n) is 11.6. The molecule has 0 N–H and O–H groups in total. The zero-order valence-electron chi connectivity index (χ0n) is 18.3. The van der Waals surface area contributed by atoms with Gasteiger partial charge in [-0.25, -0.2) is 0 Å². The van der Waals surface area contributed by atoms with Gasteiger partial charge in [-0.05, 0) is 88.2 Å². The van der Waals surface area contributed by atoms with Crippen LogP contribution in [-0.4, -0.2) is 0 Å². The highest BCUT2D eigenvalue weighted by molar-refractivity contribution is 6.29. The minimum Gasteiger partial charge on any atom is -0.0610 e. The van der Waals surface area contributed by atoms with E-state index in [9.17, 15) is 0 Å². The Bertz CT molecular complexity index is 2010. The van der Waals surface area contributed by atoms with Crippen molar-refractivity contribution in [3.05, 3.63) is 109 Å². The monoisotopic (exact) mass is 416 g/mol. The zero-order valence-corrected chi connectivity index (χ0v) is 18.3. The molecule has 8 aromatic carbocycles. The van der Waals surface area contributed by atoms with E-state index in [1.807, 2.05) is 0 Å². The molecule has 0 bridgehead atoms. The van der Waals surface area contributed by atoms with Crippen molar-refractivity contribution >= 4 is 64.6 Å². The molecule has 0 aromatic heterocycles. The molecule has 33 heavy (non-hydrogen) atoms. The zero-order chi connectivity index (χ0) is 21.7. The summed E-state index contributed by atoms with van der Waals surface area (Å²) in [5.41, 5.74) is 3.97. The predicted octanol–water partition coefficient (Wildman–Crippen LogP) is 9.46. The molecule has 0 radical (unpaired) electrons. The Balaban J connectivity index is 1.56. The Morgan fingerprint density at radius 1 is 0.333 bits per heavy atom. The van der Waals surface area contributed by atoms with Gasteiger partial charge in [-0.2, -0.15) is 0 Å². The minimum absolute atomic E-state index is 1.31. The maximum atomic E-state index is 2.33. The molecule has 0 aliphatic carbocycles. The Kier molecular flexibility index (Phi) is 3.16. The van der Waals surface area contributed by atoms with E-state index in [-0.39, 0.29) is 0 Å². The van der Waals surface area contributed by atoms with Gasteiger partial charge in [-0.3, -0.25) is 0 Å². The van der Waals surface area contributed by atoms with Crippen LogP contribution in [0.5, 0.6) is 0 Å². The Hall–Kier alpha value is -4.16. The van der Waals surface area contributed by atoms with Crippen molar-refractivity contribution in [1.82, 2.24) is 0 Å². The van der Waals surface area contributed by atoms with Gasteiger partial charge in [0.2, 0.25) is 0 Å². The van der Waals surface area contributed by atoms with E-state index in [0.29, 0.717) is 0 Å². The fraction of sp³-hybridized carbons (Fsp3) is 0.0303. The summed E-state index contributed by atoms with van der Waals surface area (Å²) in [6.07, 6.45) is 0. The van der Waals surface area contributed by atoms with Crippen LogP contribution in [0.4, 0.5) is 0 Å². The molecule has 0 fully saturated rings. The fourth-order valence-corrected chi connectivity index (χ4v) is 6.15. The van der Waals surface area contributed by atoms with E-state index in [0.717, 1.165) is 0 Å². The van der Waals surface area contributed by atoms with Crippen molar-refractivity contribution in [3.8, 4) is 11.1 Å². The standard InChI is InChI=1S/C33H20/c1-19-5-6-22-13-18-29-27(16-11-24-9-14-25(19)31(22)33(24)29)26-15-10-23-8-7-20-3-2-4-21-12-17-28(26)32(23)30(20)21/h2-18H,1H3. The summed E-state index contributed by atoms with van der Waals surface area (Å²) >= 11 is 0. The third-order valence-corrected chi connectivity index (χ3v) is 7.70. The summed E-state index contributed by atoms with van der Waals surface area (Å²) in [6, 6.07) is 38.7. The quantitative estimate of drug-likeness (QED) is 0.234. The van der Waals surface area contributed by atoms with Gasteiger partial charge in [0, 0.05) is 0 Å². The van der Waals surface area contributed by atoms with Gasteiger partial charge < -0.3 is 0 Å². The molecular weight excluding hydrogens is 396 g/mol. The highest BCUT2D eigenvalue weighted by atomic mass is 14.2.